The summed E-state index contributed by atoms with van der Waals surface area (Å²) in [6.07, 6.45) is 0.796. The number of benzene rings is 1. The average molecular weight is 316 g/mol. The van der Waals surface area contributed by atoms with Crippen molar-refractivity contribution < 1.29 is 17.6 Å². The van der Waals surface area contributed by atoms with Crippen LogP contribution in [0.4, 0.5) is 10.1 Å². The first-order chi connectivity index (χ1) is 9.91. The maximum absolute atomic E-state index is 13.8. The van der Waals surface area contributed by atoms with Crippen molar-refractivity contribution in [3.63, 3.8) is 0 Å². The fraction of sp³-hybridized carbons (Fsp3) is 0.500. The number of carbonyl (C=O) groups excluding carboxylic acids is 1. The molecule has 0 aliphatic rings. The summed E-state index contributed by atoms with van der Waals surface area (Å²) < 4.78 is 36.5. The van der Waals surface area contributed by atoms with Crippen molar-refractivity contribution in [1.29, 1.82) is 0 Å². The number of rotatable bonds is 8. The van der Waals surface area contributed by atoms with E-state index in [-0.39, 0.29) is 29.3 Å². The molecule has 0 spiro atoms. The second-order valence-electron chi connectivity index (χ2n) is 4.58. The maximum atomic E-state index is 13.8. The fourth-order valence-electron chi connectivity index (χ4n) is 1.70. The largest absolute Gasteiger partial charge is 0.382 e. The molecule has 0 fully saturated rings. The molecule has 1 amide bonds. The van der Waals surface area contributed by atoms with Gasteiger partial charge in [-0.1, -0.05) is 19.9 Å². The molecule has 118 valence electrons. The van der Waals surface area contributed by atoms with Crippen LogP contribution in [0.5, 0.6) is 0 Å². The second-order valence-corrected chi connectivity index (χ2v) is 7.05. The summed E-state index contributed by atoms with van der Waals surface area (Å²) in [5.74, 6) is -1.08. The normalized spacial score (nSPS) is 11.2. The molecule has 1 rings (SSSR count). The van der Waals surface area contributed by atoms with Crippen molar-refractivity contribution in [3.05, 3.63) is 29.6 Å². The lowest BCUT2D eigenvalue weighted by Gasteiger charge is -2.12. The van der Waals surface area contributed by atoms with Crippen molar-refractivity contribution in [3.8, 4) is 0 Å². The molecule has 0 saturated carbocycles. The van der Waals surface area contributed by atoms with Crippen LogP contribution >= 0.6 is 0 Å². The van der Waals surface area contributed by atoms with Gasteiger partial charge in [-0.15, -0.1) is 0 Å². The van der Waals surface area contributed by atoms with Crippen LogP contribution in [-0.4, -0.2) is 38.9 Å². The highest BCUT2D eigenvalue weighted by Crippen LogP contribution is 2.19. The number of amides is 1. The average Bonchev–Trinajstić information content (AvgIpc) is 2.45. The van der Waals surface area contributed by atoms with Crippen LogP contribution in [0.1, 0.15) is 30.6 Å². The molecular formula is C14H21FN2O3S. The minimum Gasteiger partial charge on any atom is -0.382 e. The quantitative estimate of drug-likeness (QED) is 0.767. The van der Waals surface area contributed by atoms with Gasteiger partial charge >= 0.3 is 0 Å². The molecule has 0 heterocycles. The zero-order valence-corrected chi connectivity index (χ0v) is 13.1. The van der Waals surface area contributed by atoms with Crippen molar-refractivity contribution in [2.24, 2.45) is 0 Å². The van der Waals surface area contributed by atoms with Crippen LogP contribution in [0, 0.1) is 5.82 Å². The predicted molar refractivity (Wildman–Crippen MR) is 81.8 cm³/mol. The van der Waals surface area contributed by atoms with Crippen LogP contribution in [0.2, 0.25) is 0 Å². The van der Waals surface area contributed by atoms with Gasteiger partial charge in [0.1, 0.15) is 5.82 Å². The third kappa shape index (κ3) is 5.34. The Balaban J connectivity index is 2.76. The van der Waals surface area contributed by atoms with Gasteiger partial charge in [-0.3, -0.25) is 4.79 Å². The number of sulfone groups is 1. The molecule has 2 N–H and O–H groups in total. The monoisotopic (exact) mass is 316 g/mol. The second kappa shape index (κ2) is 7.97. The number of anilines is 1. The lowest BCUT2D eigenvalue weighted by atomic mass is 10.1. The summed E-state index contributed by atoms with van der Waals surface area (Å²) in [5, 5.41) is 5.38. The summed E-state index contributed by atoms with van der Waals surface area (Å²) in [7, 11) is -3.13. The van der Waals surface area contributed by atoms with Gasteiger partial charge in [0.15, 0.2) is 9.84 Å². The van der Waals surface area contributed by atoms with Crippen LogP contribution in [0.3, 0.4) is 0 Å². The Bertz CT molecular complexity index is 588. The SMILES string of the molecule is CCCNc1c(F)cccc1C(=O)NCCS(=O)(=O)CC. The van der Waals surface area contributed by atoms with Crippen molar-refractivity contribution in [2.75, 3.05) is 29.9 Å². The molecule has 0 aromatic heterocycles. The minimum absolute atomic E-state index is 0.0126. The van der Waals surface area contributed by atoms with Gasteiger partial charge in [0.25, 0.3) is 5.91 Å². The number of hydrogen-bond acceptors (Lipinski definition) is 4. The maximum Gasteiger partial charge on any atom is 0.253 e. The van der Waals surface area contributed by atoms with Crippen molar-refractivity contribution >= 4 is 21.4 Å². The number of para-hydroxylation sites is 1. The van der Waals surface area contributed by atoms with Crippen LogP contribution in [0.25, 0.3) is 0 Å². The Labute approximate surface area is 124 Å². The van der Waals surface area contributed by atoms with E-state index in [0.717, 1.165) is 6.42 Å². The summed E-state index contributed by atoms with van der Waals surface area (Å²) in [6.45, 7) is 4.05. The molecule has 1 aromatic carbocycles. The standard InChI is InChI=1S/C14H21FN2O3S/c1-3-8-16-13-11(6-5-7-12(13)15)14(18)17-9-10-21(19,20)4-2/h5-7,16H,3-4,8-10H2,1-2H3,(H,17,18). The number of halogens is 1. The highest BCUT2D eigenvalue weighted by atomic mass is 32.2. The summed E-state index contributed by atoms with van der Waals surface area (Å²) in [4.78, 5) is 12.0. The van der Waals surface area contributed by atoms with E-state index in [1.54, 1.807) is 6.92 Å². The smallest absolute Gasteiger partial charge is 0.253 e. The first kappa shape index (κ1) is 17.4. The molecular weight excluding hydrogens is 295 g/mol. The molecule has 0 saturated heterocycles. The molecule has 0 radical (unpaired) electrons. The predicted octanol–water partition coefficient (Wildman–Crippen LogP) is 1.81. The van der Waals surface area contributed by atoms with E-state index in [0.29, 0.717) is 6.54 Å². The van der Waals surface area contributed by atoms with Gasteiger partial charge in [-0.2, -0.15) is 0 Å². The third-order valence-electron chi connectivity index (χ3n) is 2.95. The third-order valence-corrected chi connectivity index (χ3v) is 4.65. The highest BCUT2D eigenvalue weighted by Gasteiger charge is 2.15. The molecule has 0 unspecified atom stereocenters. The Morgan fingerprint density at radius 1 is 1.24 bits per heavy atom. The van der Waals surface area contributed by atoms with E-state index < -0.39 is 21.6 Å². The van der Waals surface area contributed by atoms with Gasteiger partial charge in [-0.05, 0) is 18.6 Å². The zero-order valence-electron chi connectivity index (χ0n) is 12.3. The Kier molecular flexibility index (Phi) is 6.61. The number of hydrogen-bond donors (Lipinski definition) is 2. The number of carbonyl (C=O) groups is 1. The van der Waals surface area contributed by atoms with Crippen molar-refractivity contribution in [1.82, 2.24) is 5.32 Å². The molecule has 0 aliphatic heterocycles. The molecule has 21 heavy (non-hydrogen) atoms. The fourth-order valence-corrected chi connectivity index (χ4v) is 2.40. The Hall–Kier alpha value is -1.63. The summed E-state index contributed by atoms with van der Waals surface area (Å²) in [5.41, 5.74) is 0.326. The van der Waals surface area contributed by atoms with E-state index in [9.17, 15) is 17.6 Å². The van der Waals surface area contributed by atoms with Gasteiger partial charge in [0, 0.05) is 18.8 Å². The zero-order chi connectivity index (χ0) is 15.9. The van der Waals surface area contributed by atoms with Gasteiger partial charge < -0.3 is 10.6 Å². The minimum atomic E-state index is -3.13. The van der Waals surface area contributed by atoms with Crippen LogP contribution in [-0.2, 0) is 9.84 Å². The Morgan fingerprint density at radius 3 is 2.57 bits per heavy atom. The molecule has 0 aliphatic carbocycles. The van der Waals surface area contributed by atoms with E-state index in [1.165, 1.54) is 18.2 Å². The van der Waals surface area contributed by atoms with E-state index in [4.69, 9.17) is 0 Å². The van der Waals surface area contributed by atoms with Gasteiger partial charge in [0.2, 0.25) is 0 Å². The first-order valence-electron chi connectivity index (χ1n) is 6.92. The lowest BCUT2D eigenvalue weighted by Crippen LogP contribution is -2.30. The van der Waals surface area contributed by atoms with Crippen molar-refractivity contribution in [2.45, 2.75) is 20.3 Å². The number of nitrogens with one attached hydrogen (secondary N) is 2. The molecule has 7 heteroatoms. The first-order valence-corrected chi connectivity index (χ1v) is 8.74. The molecule has 0 bridgehead atoms. The lowest BCUT2D eigenvalue weighted by molar-refractivity contribution is 0.0956. The molecule has 1 aromatic rings. The van der Waals surface area contributed by atoms with E-state index in [1.807, 2.05) is 6.92 Å². The van der Waals surface area contributed by atoms with Gasteiger partial charge in [-0.25, -0.2) is 12.8 Å². The van der Waals surface area contributed by atoms with Gasteiger partial charge in [0.05, 0.1) is 17.0 Å². The van der Waals surface area contributed by atoms with E-state index >= 15 is 0 Å². The van der Waals surface area contributed by atoms with E-state index in [2.05, 4.69) is 10.6 Å². The van der Waals surface area contributed by atoms with Crippen LogP contribution in [0.15, 0.2) is 18.2 Å². The highest BCUT2D eigenvalue weighted by molar-refractivity contribution is 7.91. The van der Waals surface area contributed by atoms with Crippen LogP contribution < -0.4 is 10.6 Å². The summed E-state index contributed by atoms with van der Waals surface area (Å²) >= 11 is 0. The molecule has 5 nitrogen and oxygen atoms in total. The molecule has 0 atom stereocenters. The Morgan fingerprint density at radius 2 is 1.95 bits per heavy atom. The topological polar surface area (TPSA) is 75.3 Å². The summed E-state index contributed by atoms with van der Waals surface area (Å²) in [6, 6.07) is 4.23.